The molecule has 7 heteroatoms. The fraction of sp³-hybridized carbons (Fsp3) is 0.538. The molecule has 176 valence electrons. The Kier molecular flexibility index (Phi) is 6.93. The summed E-state index contributed by atoms with van der Waals surface area (Å²) in [7, 11) is 0. The third-order valence-electron chi connectivity index (χ3n) is 7.15. The Balaban J connectivity index is 1.30. The Bertz CT molecular complexity index is 982. The van der Waals surface area contributed by atoms with Gasteiger partial charge in [-0.05, 0) is 79.3 Å². The number of benzene rings is 1. The van der Waals surface area contributed by atoms with Crippen LogP contribution in [0.25, 0.3) is 0 Å². The SMILES string of the molecule is O=C(C1CCCC1)N(CC(=O)N1CCc2sccc2[C@@H]1COc1ccc(Cl)cc1)CC1CC1. The summed E-state index contributed by atoms with van der Waals surface area (Å²) in [6.07, 6.45) is 7.37. The van der Waals surface area contributed by atoms with Gasteiger partial charge in [0.25, 0.3) is 0 Å². The van der Waals surface area contributed by atoms with Crippen molar-refractivity contribution in [1.29, 1.82) is 0 Å². The zero-order valence-electron chi connectivity index (χ0n) is 18.9. The first-order valence-corrected chi connectivity index (χ1v) is 13.4. The number of rotatable bonds is 8. The molecule has 2 aliphatic carbocycles. The molecule has 0 saturated heterocycles. The lowest BCUT2D eigenvalue weighted by molar-refractivity contribution is -0.145. The number of amides is 2. The van der Waals surface area contributed by atoms with Crippen molar-refractivity contribution in [2.75, 3.05) is 26.2 Å². The van der Waals surface area contributed by atoms with Crippen LogP contribution in [0, 0.1) is 11.8 Å². The summed E-state index contributed by atoms with van der Waals surface area (Å²) in [5, 5.41) is 2.76. The highest BCUT2D eigenvalue weighted by Gasteiger charge is 2.36. The molecule has 2 fully saturated rings. The molecular formula is C26H31ClN2O3S. The largest absolute Gasteiger partial charge is 0.491 e. The second-order valence-corrected chi connectivity index (χ2v) is 11.0. The maximum Gasteiger partial charge on any atom is 0.242 e. The molecule has 2 saturated carbocycles. The van der Waals surface area contributed by atoms with Gasteiger partial charge in [0.05, 0.1) is 12.6 Å². The van der Waals surface area contributed by atoms with Gasteiger partial charge in [-0.1, -0.05) is 24.4 Å². The topological polar surface area (TPSA) is 49.9 Å². The number of hydrogen-bond donors (Lipinski definition) is 0. The van der Waals surface area contributed by atoms with Gasteiger partial charge in [0.1, 0.15) is 12.4 Å². The van der Waals surface area contributed by atoms with Crippen LogP contribution in [0.15, 0.2) is 35.7 Å². The highest BCUT2D eigenvalue weighted by molar-refractivity contribution is 7.10. The molecule has 1 aliphatic heterocycles. The van der Waals surface area contributed by atoms with Crippen molar-refractivity contribution in [3.8, 4) is 5.75 Å². The van der Waals surface area contributed by atoms with Crippen molar-refractivity contribution in [2.45, 2.75) is 51.0 Å². The van der Waals surface area contributed by atoms with Crippen molar-refractivity contribution in [3.63, 3.8) is 0 Å². The Labute approximate surface area is 204 Å². The second kappa shape index (κ2) is 10.1. The molecule has 0 bridgehead atoms. The van der Waals surface area contributed by atoms with Gasteiger partial charge in [-0.15, -0.1) is 11.3 Å². The maximum atomic E-state index is 13.6. The van der Waals surface area contributed by atoms with E-state index in [2.05, 4.69) is 11.4 Å². The van der Waals surface area contributed by atoms with Crippen LogP contribution in [-0.2, 0) is 16.0 Å². The highest BCUT2D eigenvalue weighted by atomic mass is 35.5. The van der Waals surface area contributed by atoms with Gasteiger partial charge in [0, 0.05) is 28.9 Å². The van der Waals surface area contributed by atoms with E-state index in [9.17, 15) is 9.59 Å². The van der Waals surface area contributed by atoms with Crippen LogP contribution in [0.5, 0.6) is 5.75 Å². The maximum absolute atomic E-state index is 13.6. The van der Waals surface area contributed by atoms with Crippen LogP contribution >= 0.6 is 22.9 Å². The average molecular weight is 487 g/mol. The minimum absolute atomic E-state index is 0.0311. The molecule has 5 nitrogen and oxygen atoms in total. The molecule has 2 aromatic rings. The lowest BCUT2D eigenvalue weighted by Crippen LogP contribution is -2.49. The number of carbonyl (C=O) groups excluding carboxylic acids is 2. The van der Waals surface area contributed by atoms with Crippen molar-refractivity contribution < 1.29 is 14.3 Å². The first-order valence-electron chi connectivity index (χ1n) is 12.1. The predicted molar refractivity (Wildman–Crippen MR) is 131 cm³/mol. The van der Waals surface area contributed by atoms with Crippen molar-refractivity contribution in [3.05, 3.63) is 51.2 Å². The molecule has 0 N–H and O–H groups in total. The zero-order valence-corrected chi connectivity index (χ0v) is 20.5. The van der Waals surface area contributed by atoms with Crippen LogP contribution in [0.4, 0.5) is 0 Å². The number of nitrogens with zero attached hydrogens (tertiary/aromatic N) is 2. The van der Waals surface area contributed by atoms with E-state index in [0.29, 0.717) is 24.1 Å². The Morgan fingerprint density at radius 2 is 1.85 bits per heavy atom. The minimum atomic E-state index is -0.146. The highest BCUT2D eigenvalue weighted by Crippen LogP contribution is 2.35. The van der Waals surface area contributed by atoms with Gasteiger partial charge >= 0.3 is 0 Å². The summed E-state index contributed by atoms with van der Waals surface area (Å²) in [5.74, 6) is 1.63. The normalized spacial score (nSPS) is 20.5. The lowest BCUT2D eigenvalue weighted by atomic mass is 10.00. The van der Waals surface area contributed by atoms with Crippen molar-refractivity contribution in [2.24, 2.45) is 11.8 Å². The van der Waals surface area contributed by atoms with E-state index in [4.69, 9.17) is 16.3 Å². The molecule has 0 spiro atoms. The lowest BCUT2D eigenvalue weighted by Gasteiger charge is -2.37. The third kappa shape index (κ3) is 5.38. The molecule has 2 amide bonds. The summed E-state index contributed by atoms with van der Waals surface area (Å²) in [4.78, 5) is 31.9. The molecule has 3 aliphatic rings. The number of halogens is 1. The summed E-state index contributed by atoms with van der Waals surface area (Å²) in [6.45, 7) is 1.96. The van der Waals surface area contributed by atoms with Gasteiger partial charge in [-0.3, -0.25) is 9.59 Å². The van der Waals surface area contributed by atoms with E-state index in [1.54, 1.807) is 23.5 Å². The fourth-order valence-electron chi connectivity index (χ4n) is 5.11. The van der Waals surface area contributed by atoms with E-state index in [0.717, 1.165) is 44.4 Å². The van der Waals surface area contributed by atoms with E-state index in [1.165, 1.54) is 23.3 Å². The second-order valence-electron chi connectivity index (χ2n) is 9.56. The summed E-state index contributed by atoms with van der Waals surface area (Å²) < 4.78 is 6.09. The molecule has 1 aromatic carbocycles. The molecule has 5 rings (SSSR count). The quantitative estimate of drug-likeness (QED) is 0.506. The Hall–Kier alpha value is -2.05. The summed E-state index contributed by atoms with van der Waals surface area (Å²) in [5.41, 5.74) is 1.17. The standard InChI is InChI=1S/C26H31ClN2O3S/c27-20-7-9-21(10-8-20)32-17-23-22-12-14-33-24(22)11-13-29(23)25(30)16-28(15-18-5-6-18)26(31)19-3-1-2-4-19/h7-10,12,14,18-19,23H,1-6,11,13,15-17H2/t23-/m0/s1. The minimum Gasteiger partial charge on any atom is -0.491 e. The van der Waals surface area contributed by atoms with Crippen LogP contribution in [0.3, 0.4) is 0 Å². The van der Waals surface area contributed by atoms with Gasteiger partial charge in [0.15, 0.2) is 0 Å². The van der Waals surface area contributed by atoms with Crippen molar-refractivity contribution in [1.82, 2.24) is 9.80 Å². The Morgan fingerprint density at radius 1 is 1.09 bits per heavy atom. The first-order chi connectivity index (χ1) is 16.1. The van der Waals surface area contributed by atoms with Crippen LogP contribution in [0.2, 0.25) is 5.02 Å². The average Bonchev–Trinajstić information content (AvgIpc) is 3.27. The molecular weight excluding hydrogens is 456 g/mol. The molecule has 1 aromatic heterocycles. The molecule has 1 atom stereocenters. The van der Waals surface area contributed by atoms with Crippen LogP contribution in [-0.4, -0.2) is 47.9 Å². The molecule has 33 heavy (non-hydrogen) atoms. The molecule has 0 radical (unpaired) electrons. The summed E-state index contributed by atoms with van der Waals surface area (Å²) in [6, 6.07) is 9.28. The smallest absolute Gasteiger partial charge is 0.242 e. The first kappa shape index (κ1) is 22.7. The summed E-state index contributed by atoms with van der Waals surface area (Å²) >= 11 is 7.74. The zero-order chi connectivity index (χ0) is 22.8. The van der Waals surface area contributed by atoms with Gasteiger partial charge < -0.3 is 14.5 Å². The number of fused-ring (bicyclic) bond motifs is 1. The van der Waals surface area contributed by atoms with Crippen molar-refractivity contribution >= 4 is 34.8 Å². The fourth-order valence-corrected chi connectivity index (χ4v) is 6.16. The van der Waals surface area contributed by atoms with E-state index in [1.807, 2.05) is 21.9 Å². The number of hydrogen-bond acceptors (Lipinski definition) is 4. The monoisotopic (exact) mass is 486 g/mol. The molecule has 2 heterocycles. The third-order valence-corrected chi connectivity index (χ3v) is 8.40. The number of ether oxygens (including phenoxy) is 1. The number of thiophene rings is 1. The van der Waals surface area contributed by atoms with E-state index >= 15 is 0 Å². The van der Waals surface area contributed by atoms with E-state index < -0.39 is 0 Å². The molecule has 0 unspecified atom stereocenters. The van der Waals surface area contributed by atoms with Crippen LogP contribution < -0.4 is 4.74 Å². The van der Waals surface area contributed by atoms with Crippen LogP contribution in [0.1, 0.15) is 55.0 Å². The van der Waals surface area contributed by atoms with Gasteiger partial charge in [-0.25, -0.2) is 0 Å². The predicted octanol–water partition coefficient (Wildman–Crippen LogP) is 5.34. The van der Waals surface area contributed by atoms with E-state index in [-0.39, 0.29) is 30.3 Å². The van der Waals surface area contributed by atoms with Gasteiger partial charge in [-0.2, -0.15) is 0 Å². The number of carbonyl (C=O) groups is 2. The van der Waals surface area contributed by atoms with Gasteiger partial charge in [0.2, 0.25) is 11.8 Å². The Morgan fingerprint density at radius 3 is 2.58 bits per heavy atom.